The first-order valence-corrected chi connectivity index (χ1v) is 7.48. The normalized spacial score (nSPS) is 24.2. The van der Waals surface area contributed by atoms with Crippen LogP contribution in [0.3, 0.4) is 0 Å². The Morgan fingerprint density at radius 2 is 2.17 bits per heavy atom. The van der Waals surface area contributed by atoms with Crippen LogP contribution in [0.4, 0.5) is 5.95 Å². The first-order chi connectivity index (χ1) is 8.70. The van der Waals surface area contributed by atoms with Gasteiger partial charge in [-0.3, -0.25) is 0 Å². The molecule has 0 radical (unpaired) electrons. The summed E-state index contributed by atoms with van der Waals surface area (Å²) in [5, 5.41) is 3.57. The molecule has 1 fully saturated rings. The fourth-order valence-corrected chi connectivity index (χ4v) is 3.02. The van der Waals surface area contributed by atoms with Crippen molar-refractivity contribution in [1.29, 1.82) is 0 Å². The van der Waals surface area contributed by atoms with Crippen LogP contribution in [0, 0.1) is 18.8 Å². The average Bonchev–Trinajstić information content (AvgIpc) is 2.69. The van der Waals surface area contributed by atoms with Gasteiger partial charge in [-0.1, -0.05) is 33.1 Å². The van der Waals surface area contributed by atoms with Gasteiger partial charge in [0.15, 0.2) is 0 Å². The summed E-state index contributed by atoms with van der Waals surface area (Å²) in [7, 11) is 0. The lowest BCUT2D eigenvalue weighted by atomic mass is 9.80. The maximum atomic E-state index is 4.59. The van der Waals surface area contributed by atoms with E-state index in [9.17, 15) is 0 Å². The summed E-state index contributed by atoms with van der Waals surface area (Å²) in [5.74, 6) is 2.75. The topological polar surface area (TPSA) is 29.9 Å². The molecule has 1 aromatic rings. The second-order valence-electron chi connectivity index (χ2n) is 5.80. The van der Waals surface area contributed by atoms with Crippen LogP contribution < -0.4 is 5.32 Å². The summed E-state index contributed by atoms with van der Waals surface area (Å²) in [6, 6.07) is 0. The van der Waals surface area contributed by atoms with Gasteiger partial charge in [0, 0.05) is 19.3 Å². The molecule has 2 unspecified atom stereocenters. The second-order valence-corrected chi connectivity index (χ2v) is 5.80. The Kier molecular flexibility index (Phi) is 4.67. The second kappa shape index (κ2) is 6.26. The van der Waals surface area contributed by atoms with Crippen molar-refractivity contribution in [3.8, 4) is 0 Å². The van der Waals surface area contributed by atoms with E-state index >= 15 is 0 Å². The molecule has 3 nitrogen and oxygen atoms in total. The zero-order chi connectivity index (χ0) is 13.0. The number of nitrogens with one attached hydrogen (secondary N) is 1. The van der Waals surface area contributed by atoms with Crippen LogP contribution in [0.5, 0.6) is 0 Å². The van der Waals surface area contributed by atoms with Crippen LogP contribution in [0.15, 0.2) is 6.20 Å². The highest BCUT2D eigenvalue weighted by molar-refractivity contribution is 5.28. The van der Waals surface area contributed by atoms with Crippen LogP contribution in [0.1, 0.15) is 51.6 Å². The van der Waals surface area contributed by atoms with Gasteiger partial charge >= 0.3 is 0 Å². The van der Waals surface area contributed by atoms with Crippen molar-refractivity contribution in [3.63, 3.8) is 0 Å². The molecule has 1 heterocycles. The van der Waals surface area contributed by atoms with E-state index in [2.05, 4.69) is 41.8 Å². The first-order valence-electron chi connectivity index (χ1n) is 7.48. The van der Waals surface area contributed by atoms with E-state index in [0.717, 1.165) is 43.0 Å². The Hall–Kier alpha value is -0.990. The predicted molar refractivity (Wildman–Crippen MR) is 76.9 cm³/mol. The molecule has 2 atom stereocenters. The predicted octanol–water partition coefficient (Wildman–Crippen LogP) is 3.84. The molecule has 18 heavy (non-hydrogen) atoms. The molecule has 1 aliphatic rings. The zero-order valence-corrected chi connectivity index (χ0v) is 12.1. The Balaban J connectivity index is 1.92. The Morgan fingerprint density at radius 1 is 1.39 bits per heavy atom. The number of hydrogen-bond donors (Lipinski definition) is 1. The maximum absolute atomic E-state index is 4.59. The van der Waals surface area contributed by atoms with E-state index in [0.29, 0.717) is 0 Å². The lowest BCUT2D eigenvalue weighted by molar-refractivity contribution is 0.268. The summed E-state index contributed by atoms with van der Waals surface area (Å²) in [5.41, 5.74) is 1.11. The van der Waals surface area contributed by atoms with Gasteiger partial charge in [0.2, 0.25) is 5.95 Å². The number of anilines is 1. The van der Waals surface area contributed by atoms with E-state index in [4.69, 9.17) is 0 Å². The van der Waals surface area contributed by atoms with Crippen LogP contribution in [-0.4, -0.2) is 16.1 Å². The largest absolute Gasteiger partial charge is 0.355 e. The van der Waals surface area contributed by atoms with Crippen LogP contribution in [-0.2, 0) is 6.54 Å². The fraction of sp³-hybridized carbons (Fsp3) is 0.800. The van der Waals surface area contributed by atoms with E-state index in [1.807, 2.05) is 0 Å². The minimum atomic E-state index is 0.825. The molecule has 1 saturated carbocycles. The Labute approximate surface area is 111 Å². The smallest absolute Gasteiger partial charge is 0.203 e. The van der Waals surface area contributed by atoms with Crippen LogP contribution in [0.2, 0.25) is 0 Å². The maximum Gasteiger partial charge on any atom is 0.203 e. The Morgan fingerprint density at radius 3 is 2.89 bits per heavy atom. The number of imidazole rings is 1. The molecule has 0 aliphatic heterocycles. The molecule has 102 valence electrons. The lowest BCUT2D eigenvalue weighted by Crippen LogP contribution is -2.25. The van der Waals surface area contributed by atoms with Gasteiger partial charge in [0.05, 0.1) is 5.69 Å². The molecular weight excluding hydrogens is 222 g/mol. The number of hydrogen-bond acceptors (Lipinski definition) is 2. The number of aromatic nitrogens is 2. The van der Waals surface area contributed by atoms with Crippen LogP contribution >= 0.6 is 0 Å². The first kappa shape index (κ1) is 13.4. The van der Waals surface area contributed by atoms with Crippen molar-refractivity contribution in [2.75, 3.05) is 11.9 Å². The number of aryl methyl sites for hydroxylation is 2. The summed E-state index contributed by atoms with van der Waals surface area (Å²) < 4.78 is 2.25. The minimum absolute atomic E-state index is 0.825. The third kappa shape index (κ3) is 3.27. The van der Waals surface area contributed by atoms with Crippen molar-refractivity contribution in [2.24, 2.45) is 11.8 Å². The van der Waals surface area contributed by atoms with E-state index < -0.39 is 0 Å². The van der Waals surface area contributed by atoms with Gasteiger partial charge in [0.1, 0.15) is 0 Å². The zero-order valence-electron chi connectivity index (χ0n) is 12.1. The molecule has 0 bridgehead atoms. The van der Waals surface area contributed by atoms with Crippen molar-refractivity contribution >= 4 is 5.95 Å². The van der Waals surface area contributed by atoms with Crippen molar-refractivity contribution in [3.05, 3.63) is 11.9 Å². The molecule has 3 heteroatoms. The minimum Gasteiger partial charge on any atom is -0.355 e. The van der Waals surface area contributed by atoms with Gasteiger partial charge in [0.25, 0.3) is 0 Å². The highest BCUT2D eigenvalue weighted by Crippen LogP contribution is 2.29. The summed E-state index contributed by atoms with van der Waals surface area (Å²) >= 11 is 0. The van der Waals surface area contributed by atoms with E-state index in [1.165, 1.54) is 25.7 Å². The van der Waals surface area contributed by atoms with Gasteiger partial charge in [-0.25, -0.2) is 4.98 Å². The molecule has 1 N–H and O–H groups in total. The average molecular weight is 249 g/mol. The monoisotopic (exact) mass is 249 g/mol. The quantitative estimate of drug-likeness (QED) is 0.859. The molecule has 0 spiro atoms. The van der Waals surface area contributed by atoms with E-state index in [-0.39, 0.29) is 0 Å². The fourth-order valence-electron chi connectivity index (χ4n) is 3.02. The molecule has 2 rings (SSSR count). The van der Waals surface area contributed by atoms with E-state index in [1.54, 1.807) is 0 Å². The third-order valence-electron chi connectivity index (χ3n) is 4.17. The van der Waals surface area contributed by atoms with Gasteiger partial charge in [-0.2, -0.15) is 0 Å². The third-order valence-corrected chi connectivity index (χ3v) is 4.17. The molecule has 0 saturated heterocycles. The molecule has 1 aromatic heterocycles. The van der Waals surface area contributed by atoms with Gasteiger partial charge in [-0.05, 0) is 31.6 Å². The molecule has 0 aromatic carbocycles. The summed E-state index contributed by atoms with van der Waals surface area (Å²) in [6.45, 7) is 8.82. The molecular formula is C15H27N3. The Bertz CT molecular complexity index is 370. The van der Waals surface area contributed by atoms with Crippen molar-refractivity contribution in [2.45, 2.75) is 59.4 Å². The van der Waals surface area contributed by atoms with Crippen molar-refractivity contribution < 1.29 is 0 Å². The highest BCUT2D eigenvalue weighted by atomic mass is 15.2. The molecule has 0 amide bonds. The summed E-state index contributed by atoms with van der Waals surface area (Å²) in [6.07, 6.45) is 8.90. The summed E-state index contributed by atoms with van der Waals surface area (Å²) in [4.78, 5) is 4.59. The SMILES string of the molecule is CCCn1cc(C)nc1NCC1CCCCC1C. The number of nitrogens with zero attached hydrogens (tertiary/aromatic N) is 2. The molecule has 1 aliphatic carbocycles. The van der Waals surface area contributed by atoms with Gasteiger partial charge in [-0.15, -0.1) is 0 Å². The highest BCUT2D eigenvalue weighted by Gasteiger charge is 2.21. The standard InChI is InChI=1S/C15H27N3/c1-4-9-18-11-13(3)17-15(18)16-10-14-8-6-5-7-12(14)2/h11-12,14H,4-10H2,1-3H3,(H,16,17). The van der Waals surface area contributed by atoms with Crippen molar-refractivity contribution in [1.82, 2.24) is 9.55 Å². The van der Waals surface area contributed by atoms with Crippen LogP contribution in [0.25, 0.3) is 0 Å². The number of rotatable bonds is 5. The lowest BCUT2D eigenvalue weighted by Gasteiger charge is -2.29. The van der Waals surface area contributed by atoms with Gasteiger partial charge < -0.3 is 9.88 Å².